The molecule has 0 aliphatic rings. The third-order valence-corrected chi connectivity index (χ3v) is 4.11. The third kappa shape index (κ3) is 5.54. The molecule has 0 saturated heterocycles. The van der Waals surface area contributed by atoms with Crippen molar-refractivity contribution in [2.75, 3.05) is 0 Å². The molecule has 0 aliphatic carbocycles. The lowest BCUT2D eigenvalue weighted by atomic mass is 10.1. The van der Waals surface area contributed by atoms with Crippen molar-refractivity contribution in [1.29, 1.82) is 0 Å². The summed E-state index contributed by atoms with van der Waals surface area (Å²) in [5, 5.41) is 0. The van der Waals surface area contributed by atoms with E-state index in [0.29, 0.717) is 5.56 Å². The quantitative estimate of drug-likeness (QED) is 0.275. The SMILES string of the molecule is O=C(/C=C/c1ccc(C(F)(F)F)cc1)c1cc(F)ccc1OCc1ccccc1. The first kappa shape index (κ1) is 20.3. The topological polar surface area (TPSA) is 26.3 Å². The second-order valence-electron chi connectivity index (χ2n) is 6.23. The summed E-state index contributed by atoms with van der Waals surface area (Å²) in [6.45, 7) is 0.204. The molecule has 3 rings (SSSR count). The van der Waals surface area contributed by atoms with Crippen LogP contribution in [0.2, 0.25) is 0 Å². The maximum Gasteiger partial charge on any atom is 0.416 e. The molecule has 2 nitrogen and oxygen atoms in total. The van der Waals surface area contributed by atoms with Gasteiger partial charge in [-0.05, 0) is 47.5 Å². The Morgan fingerprint density at radius 3 is 2.28 bits per heavy atom. The minimum Gasteiger partial charge on any atom is -0.488 e. The van der Waals surface area contributed by atoms with E-state index in [0.717, 1.165) is 23.8 Å². The van der Waals surface area contributed by atoms with Crippen molar-refractivity contribution in [1.82, 2.24) is 0 Å². The first-order chi connectivity index (χ1) is 13.8. The van der Waals surface area contributed by atoms with Crippen LogP contribution in [-0.4, -0.2) is 5.78 Å². The second-order valence-corrected chi connectivity index (χ2v) is 6.23. The molecule has 29 heavy (non-hydrogen) atoms. The lowest BCUT2D eigenvalue weighted by Gasteiger charge is -2.10. The maximum absolute atomic E-state index is 13.7. The van der Waals surface area contributed by atoms with E-state index in [1.807, 2.05) is 30.3 Å². The van der Waals surface area contributed by atoms with Gasteiger partial charge in [-0.15, -0.1) is 0 Å². The van der Waals surface area contributed by atoms with Crippen molar-refractivity contribution in [3.8, 4) is 5.75 Å². The fraction of sp³-hybridized carbons (Fsp3) is 0.0870. The van der Waals surface area contributed by atoms with Crippen LogP contribution in [-0.2, 0) is 12.8 Å². The van der Waals surface area contributed by atoms with E-state index in [2.05, 4.69) is 0 Å². The number of hydrogen-bond donors (Lipinski definition) is 0. The van der Waals surface area contributed by atoms with E-state index < -0.39 is 23.3 Å². The normalized spacial score (nSPS) is 11.6. The minimum absolute atomic E-state index is 0.0316. The van der Waals surface area contributed by atoms with E-state index in [4.69, 9.17) is 4.74 Å². The number of alkyl halides is 3. The smallest absolute Gasteiger partial charge is 0.416 e. The molecule has 0 fully saturated rings. The van der Waals surface area contributed by atoms with Crippen molar-refractivity contribution in [3.63, 3.8) is 0 Å². The van der Waals surface area contributed by atoms with Gasteiger partial charge in [0.25, 0.3) is 0 Å². The molecule has 0 radical (unpaired) electrons. The number of ether oxygens (including phenoxy) is 1. The van der Waals surface area contributed by atoms with E-state index >= 15 is 0 Å². The van der Waals surface area contributed by atoms with Crippen molar-refractivity contribution in [3.05, 3.63) is 107 Å². The van der Waals surface area contributed by atoms with Gasteiger partial charge >= 0.3 is 6.18 Å². The summed E-state index contributed by atoms with van der Waals surface area (Å²) >= 11 is 0. The Labute approximate surface area is 165 Å². The molecule has 0 spiro atoms. The molecule has 0 heterocycles. The van der Waals surface area contributed by atoms with Gasteiger partial charge < -0.3 is 4.74 Å². The highest BCUT2D eigenvalue weighted by atomic mass is 19.4. The number of rotatable bonds is 6. The van der Waals surface area contributed by atoms with Crippen molar-refractivity contribution < 1.29 is 27.1 Å². The molecule has 0 N–H and O–H groups in total. The van der Waals surface area contributed by atoms with Crippen LogP contribution in [0.25, 0.3) is 6.08 Å². The zero-order valence-corrected chi connectivity index (χ0v) is 15.1. The number of halogens is 4. The highest BCUT2D eigenvalue weighted by Gasteiger charge is 2.29. The Hall–Kier alpha value is -3.41. The van der Waals surface area contributed by atoms with E-state index in [1.165, 1.54) is 36.4 Å². The summed E-state index contributed by atoms with van der Waals surface area (Å²) in [4.78, 5) is 12.5. The molecule has 0 amide bonds. The van der Waals surface area contributed by atoms with Crippen LogP contribution in [0, 0.1) is 5.82 Å². The molecular weight excluding hydrogens is 384 g/mol. The van der Waals surface area contributed by atoms with Gasteiger partial charge in [-0.1, -0.05) is 48.5 Å². The molecule has 0 saturated carbocycles. The minimum atomic E-state index is -4.43. The summed E-state index contributed by atoms with van der Waals surface area (Å²) < 4.78 is 57.1. The van der Waals surface area contributed by atoms with Gasteiger partial charge in [0, 0.05) is 0 Å². The molecule has 148 valence electrons. The number of benzene rings is 3. The lowest BCUT2D eigenvalue weighted by molar-refractivity contribution is -0.137. The van der Waals surface area contributed by atoms with Crippen LogP contribution in [0.3, 0.4) is 0 Å². The highest BCUT2D eigenvalue weighted by Crippen LogP contribution is 2.29. The number of allylic oxidation sites excluding steroid dienone is 1. The zero-order chi connectivity index (χ0) is 20.9. The van der Waals surface area contributed by atoms with Crippen LogP contribution in [0.5, 0.6) is 5.75 Å². The van der Waals surface area contributed by atoms with Crippen molar-refractivity contribution in [2.24, 2.45) is 0 Å². The summed E-state index contributed by atoms with van der Waals surface area (Å²) in [5.41, 5.74) is 0.553. The van der Waals surface area contributed by atoms with Gasteiger partial charge in [-0.3, -0.25) is 4.79 Å². The average Bonchev–Trinajstić information content (AvgIpc) is 2.71. The van der Waals surface area contributed by atoms with Gasteiger partial charge in [0.1, 0.15) is 18.2 Å². The number of ketones is 1. The summed E-state index contributed by atoms with van der Waals surface area (Å²) in [6.07, 6.45) is -1.88. The number of carbonyl (C=O) groups excluding carboxylic acids is 1. The molecule has 3 aromatic rings. The maximum atomic E-state index is 13.7. The second kappa shape index (κ2) is 8.73. The Morgan fingerprint density at radius 1 is 0.931 bits per heavy atom. The lowest BCUT2D eigenvalue weighted by Crippen LogP contribution is -2.04. The first-order valence-electron chi connectivity index (χ1n) is 8.69. The molecule has 0 aliphatic heterocycles. The molecule has 6 heteroatoms. The molecule has 3 aromatic carbocycles. The Balaban J connectivity index is 1.76. The van der Waals surface area contributed by atoms with E-state index in [-0.39, 0.29) is 17.9 Å². The fourth-order valence-corrected chi connectivity index (χ4v) is 2.60. The predicted octanol–water partition coefficient (Wildman–Crippen LogP) is 6.32. The predicted molar refractivity (Wildman–Crippen MR) is 102 cm³/mol. The molecule has 0 atom stereocenters. The third-order valence-electron chi connectivity index (χ3n) is 4.11. The summed E-state index contributed by atoms with van der Waals surface area (Å²) in [6, 6.07) is 17.3. The molecular formula is C23H16F4O2. The molecule has 0 aromatic heterocycles. The monoisotopic (exact) mass is 400 g/mol. The van der Waals surface area contributed by atoms with Crippen LogP contribution in [0.4, 0.5) is 17.6 Å². The number of carbonyl (C=O) groups is 1. The Kier molecular flexibility index (Phi) is 6.12. The largest absolute Gasteiger partial charge is 0.488 e. The molecule has 0 unspecified atom stereocenters. The summed E-state index contributed by atoms with van der Waals surface area (Å²) in [5.74, 6) is -0.895. The van der Waals surface area contributed by atoms with Gasteiger partial charge in [0.2, 0.25) is 0 Å². The first-order valence-corrected chi connectivity index (χ1v) is 8.69. The molecule has 0 bridgehead atoms. The van der Waals surface area contributed by atoms with Crippen LogP contribution >= 0.6 is 0 Å². The van der Waals surface area contributed by atoms with E-state index in [9.17, 15) is 22.4 Å². The summed E-state index contributed by atoms with van der Waals surface area (Å²) in [7, 11) is 0. The Morgan fingerprint density at radius 2 is 1.62 bits per heavy atom. The van der Waals surface area contributed by atoms with Crippen LogP contribution < -0.4 is 4.74 Å². The number of hydrogen-bond acceptors (Lipinski definition) is 2. The zero-order valence-electron chi connectivity index (χ0n) is 15.1. The average molecular weight is 400 g/mol. The van der Waals surface area contributed by atoms with Crippen LogP contribution in [0.15, 0.2) is 78.9 Å². The van der Waals surface area contributed by atoms with Crippen LogP contribution in [0.1, 0.15) is 27.0 Å². The van der Waals surface area contributed by atoms with Gasteiger partial charge in [-0.2, -0.15) is 13.2 Å². The highest BCUT2D eigenvalue weighted by molar-refractivity contribution is 6.08. The van der Waals surface area contributed by atoms with Gasteiger partial charge in [-0.25, -0.2) is 4.39 Å². The van der Waals surface area contributed by atoms with Gasteiger partial charge in [0.15, 0.2) is 5.78 Å². The van der Waals surface area contributed by atoms with E-state index in [1.54, 1.807) is 0 Å². The fourth-order valence-electron chi connectivity index (χ4n) is 2.60. The Bertz CT molecular complexity index is 1010. The van der Waals surface area contributed by atoms with Crippen molar-refractivity contribution >= 4 is 11.9 Å². The van der Waals surface area contributed by atoms with Gasteiger partial charge in [0.05, 0.1) is 11.1 Å². The van der Waals surface area contributed by atoms with Crippen molar-refractivity contribution in [2.45, 2.75) is 12.8 Å². The standard InChI is InChI=1S/C23H16F4O2/c24-19-11-13-22(29-15-17-4-2-1-3-5-17)20(14-19)21(28)12-8-16-6-9-18(10-7-16)23(25,26)27/h1-14H,15H2/b12-8+.